The highest BCUT2D eigenvalue weighted by Gasteiger charge is 2.30. The van der Waals surface area contributed by atoms with E-state index in [1.807, 2.05) is 12.3 Å². The summed E-state index contributed by atoms with van der Waals surface area (Å²) in [5.74, 6) is 0.324. The lowest BCUT2D eigenvalue weighted by Crippen LogP contribution is -2.28. The number of carbonyl (C=O) groups excluding carboxylic acids is 1. The number of nitrogens with one attached hydrogen (secondary N) is 1. The van der Waals surface area contributed by atoms with Gasteiger partial charge in [-0.2, -0.15) is 5.10 Å². The monoisotopic (exact) mass is 406 g/mol. The number of benzene rings is 1. The number of aromatic nitrogens is 5. The van der Waals surface area contributed by atoms with Gasteiger partial charge in [0, 0.05) is 37.6 Å². The van der Waals surface area contributed by atoms with E-state index in [9.17, 15) is 9.18 Å². The number of ether oxygens (including phenoxy) is 1. The summed E-state index contributed by atoms with van der Waals surface area (Å²) in [6, 6.07) is 9.99. The number of likely N-dealkylation sites (tertiary alicyclic amines) is 1. The molecule has 0 radical (unpaired) electrons. The fourth-order valence-electron chi connectivity index (χ4n) is 3.66. The van der Waals surface area contributed by atoms with E-state index in [0.717, 1.165) is 17.8 Å². The number of para-hydroxylation sites is 1. The molecule has 152 valence electrons. The van der Waals surface area contributed by atoms with Crippen molar-refractivity contribution in [1.29, 1.82) is 0 Å². The third-order valence-corrected chi connectivity index (χ3v) is 5.22. The van der Waals surface area contributed by atoms with Crippen LogP contribution in [0.2, 0.25) is 0 Å². The lowest BCUT2D eigenvalue weighted by molar-refractivity contribution is 0.0785. The second-order valence-corrected chi connectivity index (χ2v) is 7.23. The lowest BCUT2D eigenvalue weighted by Gasteiger charge is -2.14. The summed E-state index contributed by atoms with van der Waals surface area (Å²) in [7, 11) is 0. The van der Waals surface area contributed by atoms with Crippen LogP contribution >= 0.6 is 0 Å². The first kappa shape index (κ1) is 18.3. The number of nitrogens with zero attached hydrogens (tertiary/aromatic N) is 5. The average molecular weight is 406 g/mol. The van der Waals surface area contributed by atoms with E-state index in [1.165, 1.54) is 6.07 Å². The Morgan fingerprint density at radius 2 is 2.20 bits per heavy atom. The molecule has 4 aromatic rings. The highest BCUT2D eigenvalue weighted by molar-refractivity contribution is 5.93. The molecular weight excluding hydrogens is 387 g/mol. The molecule has 1 aliphatic rings. The summed E-state index contributed by atoms with van der Waals surface area (Å²) in [6.45, 7) is 1.40. The molecule has 1 atom stereocenters. The first-order valence-electron chi connectivity index (χ1n) is 9.68. The summed E-state index contributed by atoms with van der Waals surface area (Å²) < 4.78 is 20.9. The van der Waals surface area contributed by atoms with Crippen molar-refractivity contribution in [3.05, 3.63) is 77.9 Å². The second kappa shape index (κ2) is 7.58. The van der Waals surface area contributed by atoms with Crippen molar-refractivity contribution in [3.8, 4) is 5.75 Å². The highest BCUT2D eigenvalue weighted by Crippen LogP contribution is 2.27. The molecule has 1 fully saturated rings. The van der Waals surface area contributed by atoms with Gasteiger partial charge in [0.05, 0.1) is 11.4 Å². The van der Waals surface area contributed by atoms with Gasteiger partial charge in [-0.05, 0) is 30.7 Å². The fourth-order valence-corrected chi connectivity index (χ4v) is 3.66. The number of fused-ring (bicyclic) bond motifs is 1. The van der Waals surface area contributed by atoms with Crippen LogP contribution in [-0.4, -0.2) is 48.5 Å². The van der Waals surface area contributed by atoms with Crippen LogP contribution in [0.3, 0.4) is 0 Å². The molecule has 3 aromatic heterocycles. The van der Waals surface area contributed by atoms with Gasteiger partial charge in [0.2, 0.25) is 5.78 Å². The van der Waals surface area contributed by atoms with E-state index in [2.05, 4.69) is 20.2 Å². The Morgan fingerprint density at radius 1 is 1.30 bits per heavy atom. The van der Waals surface area contributed by atoms with Crippen molar-refractivity contribution < 1.29 is 13.9 Å². The van der Waals surface area contributed by atoms with Crippen molar-refractivity contribution in [3.63, 3.8) is 0 Å². The average Bonchev–Trinajstić information content (AvgIpc) is 3.51. The first-order valence-corrected chi connectivity index (χ1v) is 9.68. The predicted octanol–water partition coefficient (Wildman–Crippen LogP) is 2.80. The first-order chi connectivity index (χ1) is 14.7. The van der Waals surface area contributed by atoms with Gasteiger partial charge >= 0.3 is 0 Å². The number of amides is 1. The fraction of sp³-hybridized carbons (Fsp3) is 0.238. The Morgan fingerprint density at radius 3 is 3.07 bits per heavy atom. The summed E-state index contributed by atoms with van der Waals surface area (Å²) in [5.41, 5.74) is 2.01. The lowest BCUT2D eigenvalue weighted by atomic mass is 10.1. The molecule has 0 spiro atoms. The zero-order chi connectivity index (χ0) is 20.5. The van der Waals surface area contributed by atoms with E-state index in [-0.39, 0.29) is 24.2 Å². The van der Waals surface area contributed by atoms with Gasteiger partial charge in [0.1, 0.15) is 12.3 Å². The zero-order valence-electron chi connectivity index (χ0n) is 16.0. The number of carbonyl (C=O) groups is 1. The van der Waals surface area contributed by atoms with Crippen LogP contribution in [0, 0.1) is 5.82 Å². The third kappa shape index (κ3) is 3.49. The molecule has 0 bridgehead atoms. The van der Waals surface area contributed by atoms with E-state index in [4.69, 9.17) is 4.74 Å². The molecule has 1 N–H and O–H groups in total. The largest absolute Gasteiger partial charge is 0.484 e. The van der Waals surface area contributed by atoms with Gasteiger partial charge in [0.25, 0.3) is 5.91 Å². The van der Waals surface area contributed by atoms with Gasteiger partial charge < -0.3 is 9.64 Å². The summed E-state index contributed by atoms with van der Waals surface area (Å²) in [6.07, 6.45) is 5.97. The number of hydrogen-bond acceptors (Lipinski definition) is 5. The number of aromatic amines is 1. The maximum Gasteiger partial charge on any atom is 0.274 e. The van der Waals surface area contributed by atoms with E-state index < -0.39 is 5.82 Å². The standard InChI is InChI=1S/C21H19FN6O2/c22-16-4-1-2-5-19(16)30-13-15-10-17(26-25-15)14-6-9-27(11-14)20(29)18-12-28-8-3-7-23-21(28)24-18/h1-5,7-8,10,12,14H,6,9,11,13H2,(H,25,26)/t14-/m0/s1. The van der Waals surface area contributed by atoms with Crippen LogP contribution in [0.5, 0.6) is 5.75 Å². The topological polar surface area (TPSA) is 88.4 Å². The molecule has 1 amide bonds. The van der Waals surface area contributed by atoms with Crippen molar-refractivity contribution in [2.75, 3.05) is 13.1 Å². The summed E-state index contributed by atoms with van der Waals surface area (Å²) in [4.78, 5) is 23.1. The summed E-state index contributed by atoms with van der Waals surface area (Å²) >= 11 is 0. The quantitative estimate of drug-likeness (QED) is 0.551. The summed E-state index contributed by atoms with van der Waals surface area (Å²) in [5, 5.41) is 7.31. The minimum atomic E-state index is -0.399. The van der Waals surface area contributed by atoms with Gasteiger partial charge in [0.15, 0.2) is 11.6 Å². The molecule has 9 heteroatoms. The maximum absolute atomic E-state index is 13.7. The second-order valence-electron chi connectivity index (χ2n) is 7.23. The Bertz CT molecular complexity index is 1170. The molecule has 0 unspecified atom stereocenters. The van der Waals surface area contributed by atoms with Gasteiger partial charge in [-0.1, -0.05) is 12.1 Å². The molecule has 1 aromatic carbocycles. The smallest absolute Gasteiger partial charge is 0.274 e. The Labute approximate surface area is 171 Å². The number of hydrogen-bond donors (Lipinski definition) is 1. The van der Waals surface area contributed by atoms with Crippen LogP contribution < -0.4 is 4.74 Å². The van der Waals surface area contributed by atoms with E-state index >= 15 is 0 Å². The molecule has 5 rings (SSSR count). The Balaban J connectivity index is 1.22. The number of H-pyrrole nitrogens is 1. The number of halogens is 1. The van der Waals surface area contributed by atoms with E-state index in [0.29, 0.717) is 24.6 Å². The van der Waals surface area contributed by atoms with Gasteiger partial charge in [-0.25, -0.2) is 14.4 Å². The molecule has 30 heavy (non-hydrogen) atoms. The molecular formula is C21H19FN6O2. The SMILES string of the molecule is O=C(c1cn2cccnc2n1)N1CC[C@H](c2cc(COc3ccccc3F)[nH]n2)C1. The zero-order valence-corrected chi connectivity index (χ0v) is 16.0. The molecule has 0 saturated carbocycles. The molecule has 1 saturated heterocycles. The van der Waals surface area contributed by atoms with Crippen LogP contribution in [0.25, 0.3) is 5.78 Å². The van der Waals surface area contributed by atoms with Crippen molar-refractivity contribution in [1.82, 2.24) is 29.5 Å². The number of imidazole rings is 1. The van der Waals surface area contributed by atoms with Crippen molar-refractivity contribution in [2.24, 2.45) is 0 Å². The third-order valence-electron chi connectivity index (χ3n) is 5.22. The normalized spacial score (nSPS) is 16.3. The molecule has 0 aliphatic carbocycles. The highest BCUT2D eigenvalue weighted by atomic mass is 19.1. The molecule has 8 nitrogen and oxygen atoms in total. The predicted molar refractivity (Wildman–Crippen MR) is 106 cm³/mol. The molecule has 4 heterocycles. The van der Waals surface area contributed by atoms with Crippen molar-refractivity contribution >= 4 is 11.7 Å². The van der Waals surface area contributed by atoms with Gasteiger partial charge in [-0.15, -0.1) is 0 Å². The van der Waals surface area contributed by atoms with E-state index in [1.54, 1.807) is 46.0 Å². The van der Waals surface area contributed by atoms with Gasteiger partial charge in [-0.3, -0.25) is 14.3 Å². The minimum absolute atomic E-state index is 0.110. The van der Waals surface area contributed by atoms with Crippen LogP contribution in [-0.2, 0) is 6.61 Å². The Hall–Kier alpha value is -3.75. The van der Waals surface area contributed by atoms with Crippen LogP contribution in [0.15, 0.2) is 55.0 Å². The van der Waals surface area contributed by atoms with Crippen LogP contribution in [0.1, 0.15) is 34.2 Å². The Kier molecular flexibility index (Phi) is 4.62. The van der Waals surface area contributed by atoms with Crippen molar-refractivity contribution in [2.45, 2.75) is 18.9 Å². The van der Waals surface area contributed by atoms with Crippen LogP contribution in [0.4, 0.5) is 4.39 Å². The maximum atomic E-state index is 13.7. The minimum Gasteiger partial charge on any atom is -0.484 e. The number of rotatable bonds is 5. The molecule has 1 aliphatic heterocycles.